The van der Waals surface area contributed by atoms with Crippen LogP contribution < -0.4 is 5.43 Å². The average molecular weight is 261 g/mol. The average Bonchev–Trinajstić information content (AvgIpc) is 2.46. The summed E-state index contributed by atoms with van der Waals surface area (Å²) in [4.78, 5) is 23.7. The quantitative estimate of drug-likeness (QED) is 0.599. The molecule has 9 nitrogen and oxygen atoms in total. The first-order valence-electron chi connectivity index (χ1n) is 5.29. The van der Waals surface area contributed by atoms with Crippen LogP contribution in [-0.2, 0) is 4.84 Å². The maximum atomic E-state index is 11.5. The van der Waals surface area contributed by atoms with Gasteiger partial charge in [0, 0.05) is 18.0 Å². The summed E-state index contributed by atoms with van der Waals surface area (Å²) in [5, 5.41) is 12.6. The van der Waals surface area contributed by atoms with E-state index in [9.17, 15) is 4.79 Å². The van der Waals surface area contributed by atoms with Gasteiger partial charge in [0.25, 0.3) is 0 Å². The maximum Gasteiger partial charge on any atom is 0.358 e. The second-order valence-corrected chi connectivity index (χ2v) is 3.41. The van der Waals surface area contributed by atoms with Gasteiger partial charge in [-0.15, -0.1) is 0 Å². The summed E-state index contributed by atoms with van der Waals surface area (Å²) in [6.07, 6.45) is 7.46. The Kier molecular flexibility index (Phi) is 4.11. The van der Waals surface area contributed by atoms with Crippen LogP contribution in [-0.4, -0.2) is 52.8 Å². The molecule has 9 heteroatoms. The first kappa shape index (κ1) is 12.6. The molecular formula is C10H11N7O2. The van der Waals surface area contributed by atoms with Crippen LogP contribution in [0.3, 0.4) is 0 Å². The van der Waals surface area contributed by atoms with Crippen LogP contribution in [0, 0.1) is 0 Å². The summed E-state index contributed by atoms with van der Waals surface area (Å²) < 4.78 is 0. The highest BCUT2D eigenvalue weighted by Crippen LogP contribution is 1.99. The number of nitrogens with one attached hydrogen (secondary N) is 1. The zero-order valence-corrected chi connectivity index (χ0v) is 10.1. The zero-order chi connectivity index (χ0) is 13.5. The minimum atomic E-state index is -0.428. The lowest BCUT2D eigenvalue weighted by Crippen LogP contribution is -2.43. The lowest BCUT2D eigenvalue weighted by atomic mass is 10.4. The van der Waals surface area contributed by atoms with E-state index >= 15 is 0 Å². The topological polar surface area (TPSA) is 104 Å². The van der Waals surface area contributed by atoms with E-state index in [1.54, 1.807) is 12.4 Å². The summed E-state index contributed by atoms with van der Waals surface area (Å²) in [7, 11) is 1.42. The molecule has 1 aromatic heterocycles. The van der Waals surface area contributed by atoms with Gasteiger partial charge in [-0.3, -0.25) is 0 Å². The Bertz CT molecular complexity index is 526. The smallest absolute Gasteiger partial charge is 0.358 e. The van der Waals surface area contributed by atoms with Gasteiger partial charge in [0.1, 0.15) is 19.1 Å². The number of urea groups is 1. The largest absolute Gasteiger partial charge is 0.399 e. The van der Waals surface area contributed by atoms with E-state index in [1.807, 2.05) is 0 Å². The van der Waals surface area contributed by atoms with Crippen molar-refractivity contribution in [2.75, 3.05) is 13.7 Å². The van der Waals surface area contributed by atoms with Crippen molar-refractivity contribution in [1.29, 1.82) is 0 Å². The number of nitrogens with zero attached hydrogens (tertiary/aromatic N) is 6. The van der Waals surface area contributed by atoms with Crippen LogP contribution in [0.4, 0.5) is 4.79 Å². The van der Waals surface area contributed by atoms with Crippen molar-refractivity contribution in [3.05, 3.63) is 24.3 Å². The molecule has 1 N–H and O–H groups in total. The Labute approximate surface area is 108 Å². The van der Waals surface area contributed by atoms with Gasteiger partial charge in [0.2, 0.25) is 0 Å². The molecular weight excluding hydrogens is 250 g/mol. The van der Waals surface area contributed by atoms with Gasteiger partial charge in [-0.25, -0.2) is 25.2 Å². The number of carbonyl (C=O) groups excluding carboxylic acids is 1. The third kappa shape index (κ3) is 3.56. The Balaban J connectivity index is 2.04. The highest BCUT2D eigenvalue weighted by Gasteiger charge is 2.18. The molecule has 1 aliphatic rings. The van der Waals surface area contributed by atoms with Gasteiger partial charge >= 0.3 is 6.03 Å². The van der Waals surface area contributed by atoms with Gasteiger partial charge in [0.15, 0.2) is 0 Å². The molecule has 0 aromatic carbocycles. The number of carbonyl (C=O) groups is 1. The minimum absolute atomic E-state index is 0.197. The van der Waals surface area contributed by atoms with Crippen LogP contribution >= 0.6 is 0 Å². The zero-order valence-electron chi connectivity index (χ0n) is 10.1. The molecule has 0 saturated heterocycles. The Morgan fingerprint density at radius 1 is 1.42 bits per heavy atom. The summed E-state index contributed by atoms with van der Waals surface area (Å²) in [5.74, 6) is 0. The molecule has 0 fully saturated rings. The van der Waals surface area contributed by atoms with E-state index in [0.717, 1.165) is 0 Å². The third-order valence-electron chi connectivity index (χ3n) is 2.08. The predicted octanol–water partition coefficient (Wildman–Crippen LogP) is -0.176. The summed E-state index contributed by atoms with van der Waals surface area (Å²) in [5.41, 5.74) is 3.51. The Morgan fingerprint density at radius 2 is 2.21 bits per heavy atom. The van der Waals surface area contributed by atoms with E-state index in [0.29, 0.717) is 11.3 Å². The van der Waals surface area contributed by atoms with Crippen molar-refractivity contribution in [3.8, 4) is 0 Å². The molecule has 0 saturated carbocycles. The molecule has 0 unspecified atom stereocenters. The number of hydrogen-bond donors (Lipinski definition) is 1. The number of aromatic nitrogens is 2. The molecule has 0 bridgehead atoms. The first-order chi connectivity index (χ1) is 9.29. The predicted molar refractivity (Wildman–Crippen MR) is 67.8 cm³/mol. The van der Waals surface area contributed by atoms with Crippen LogP contribution in [0.25, 0.3) is 0 Å². The van der Waals surface area contributed by atoms with Crippen molar-refractivity contribution >= 4 is 24.2 Å². The maximum absolute atomic E-state index is 11.5. The van der Waals surface area contributed by atoms with E-state index in [4.69, 9.17) is 0 Å². The molecule has 2 amide bonds. The first-order valence-corrected chi connectivity index (χ1v) is 5.29. The van der Waals surface area contributed by atoms with E-state index in [1.165, 1.54) is 30.9 Å². The SMILES string of the molecule is CO/N=C/C1=NNC(=O)N(/N=C/c2cncnc2)C1. The molecule has 19 heavy (non-hydrogen) atoms. The van der Waals surface area contributed by atoms with Gasteiger partial charge in [-0.2, -0.15) is 10.2 Å². The van der Waals surface area contributed by atoms with Crippen molar-refractivity contribution in [1.82, 2.24) is 20.4 Å². The molecule has 0 spiro atoms. The number of hydrogen-bond acceptors (Lipinski definition) is 7. The molecule has 98 valence electrons. The highest BCUT2D eigenvalue weighted by molar-refractivity contribution is 6.32. The summed E-state index contributed by atoms with van der Waals surface area (Å²) >= 11 is 0. The number of rotatable bonds is 4. The fourth-order valence-corrected chi connectivity index (χ4v) is 1.23. The highest BCUT2D eigenvalue weighted by atomic mass is 16.6. The summed E-state index contributed by atoms with van der Waals surface area (Å²) in [6.45, 7) is 0.197. The second kappa shape index (κ2) is 6.19. The van der Waals surface area contributed by atoms with Gasteiger partial charge in [-0.1, -0.05) is 5.16 Å². The number of oxime groups is 1. The van der Waals surface area contributed by atoms with Crippen LogP contribution in [0.2, 0.25) is 0 Å². The standard InChI is InChI=1S/C10H11N7O2/c1-19-14-5-9-6-17(10(18)16-15-9)13-4-8-2-11-7-12-3-8/h2-5,7H,6H2,1H3,(H,16,18)/b13-4+,14-5+. The lowest BCUT2D eigenvalue weighted by Gasteiger charge is -2.20. The fraction of sp³-hybridized carbons (Fsp3) is 0.200. The number of hydrazone groups is 2. The van der Waals surface area contributed by atoms with Crippen molar-refractivity contribution in [3.63, 3.8) is 0 Å². The lowest BCUT2D eigenvalue weighted by molar-refractivity contribution is 0.204. The normalized spacial score (nSPS) is 15.7. The van der Waals surface area contributed by atoms with Crippen molar-refractivity contribution in [2.24, 2.45) is 15.4 Å². The van der Waals surface area contributed by atoms with E-state index in [2.05, 4.69) is 35.6 Å². The Hall–Kier alpha value is -2.84. The van der Waals surface area contributed by atoms with Gasteiger partial charge in [-0.05, 0) is 0 Å². The van der Waals surface area contributed by atoms with Gasteiger partial charge < -0.3 is 4.84 Å². The van der Waals surface area contributed by atoms with Crippen LogP contribution in [0.15, 0.2) is 34.1 Å². The van der Waals surface area contributed by atoms with Crippen LogP contribution in [0.1, 0.15) is 5.56 Å². The van der Waals surface area contributed by atoms with Crippen molar-refractivity contribution < 1.29 is 9.63 Å². The van der Waals surface area contributed by atoms with Crippen LogP contribution in [0.5, 0.6) is 0 Å². The van der Waals surface area contributed by atoms with Gasteiger partial charge in [0.05, 0.1) is 19.0 Å². The molecule has 2 heterocycles. The molecule has 0 atom stereocenters. The van der Waals surface area contributed by atoms with E-state index < -0.39 is 6.03 Å². The minimum Gasteiger partial charge on any atom is -0.399 e. The second-order valence-electron chi connectivity index (χ2n) is 3.41. The monoisotopic (exact) mass is 261 g/mol. The fourth-order valence-electron chi connectivity index (χ4n) is 1.23. The molecule has 1 aliphatic heterocycles. The molecule has 2 rings (SSSR count). The summed E-state index contributed by atoms with van der Waals surface area (Å²) in [6, 6.07) is -0.428. The molecule has 1 aromatic rings. The van der Waals surface area contributed by atoms with E-state index in [-0.39, 0.29) is 6.54 Å². The molecule has 0 aliphatic carbocycles. The Morgan fingerprint density at radius 3 is 2.95 bits per heavy atom. The molecule has 0 radical (unpaired) electrons. The number of amides is 2. The third-order valence-corrected chi connectivity index (χ3v) is 2.08. The van der Waals surface area contributed by atoms with Crippen molar-refractivity contribution in [2.45, 2.75) is 0 Å².